The third-order valence-electron chi connectivity index (χ3n) is 3.61. The van der Waals surface area contributed by atoms with Crippen molar-refractivity contribution < 1.29 is 29.3 Å². The molecule has 0 saturated heterocycles. The molecule has 112 valence electrons. The van der Waals surface area contributed by atoms with E-state index in [4.69, 9.17) is 9.47 Å². The molecule has 0 unspecified atom stereocenters. The molecular formula is C16H12O6. The molecule has 2 N–H and O–H groups in total. The lowest BCUT2D eigenvalue weighted by atomic mass is 9.83. The molecule has 0 amide bonds. The Kier molecular flexibility index (Phi) is 3.02. The van der Waals surface area contributed by atoms with Crippen LogP contribution < -0.4 is 9.47 Å². The van der Waals surface area contributed by atoms with Crippen LogP contribution in [0.15, 0.2) is 24.3 Å². The summed E-state index contributed by atoms with van der Waals surface area (Å²) >= 11 is 0. The Labute approximate surface area is 125 Å². The standard InChI is InChI=1S/C16H12O6/c1-21-7-3-10-14(12(18)4-7)16(20)8-5-11(17)13(22-2)6-9(8)15(10)19/h3-6,17-18H,1-2H3. The zero-order valence-electron chi connectivity index (χ0n) is 11.8. The highest BCUT2D eigenvalue weighted by Crippen LogP contribution is 2.39. The molecule has 0 atom stereocenters. The van der Waals surface area contributed by atoms with Crippen molar-refractivity contribution in [1.29, 1.82) is 0 Å². The van der Waals surface area contributed by atoms with Crippen molar-refractivity contribution in [3.63, 3.8) is 0 Å². The fourth-order valence-corrected chi connectivity index (χ4v) is 2.52. The summed E-state index contributed by atoms with van der Waals surface area (Å²) in [5, 5.41) is 19.8. The predicted molar refractivity (Wildman–Crippen MR) is 76.2 cm³/mol. The number of fused-ring (bicyclic) bond motifs is 2. The average Bonchev–Trinajstić information content (AvgIpc) is 2.51. The molecule has 3 rings (SSSR count). The number of ketones is 2. The van der Waals surface area contributed by atoms with E-state index in [0.717, 1.165) is 0 Å². The summed E-state index contributed by atoms with van der Waals surface area (Å²) in [4.78, 5) is 25.1. The van der Waals surface area contributed by atoms with Crippen molar-refractivity contribution in [2.24, 2.45) is 0 Å². The topological polar surface area (TPSA) is 93.1 Å². The van der Waals surface area contributed by atoms with Crippen LogP contribution in [0.3, 0.4) is 0 Å². The Morgan fingerprint density at radius 3 is 2.09 bits per heavy atom. The molecule has 0 fully saturated rings. The van der Waals surface area contributed by atoms with Crippen LogP contribution in [0.5, 0.6) is 23.0 Å². The van der Waals surface area contributed by atoms with Crippen LogP contribution in [0.25, 0.3) is 0 Å². The molecule has 1 aliphatic carbocycles. The van der Waals surface area contributed by atoms with E-state index in [1.54, 1.807) is 0 Å². The number of phenols is 2. The number of aromatic hydroxyl groups is 2. The zero-order valence-corrected chi connectivity index (χ0v) is 11.8. The number of benzene rings is 2. The number of phenolic OH excluding ortho intramolecular Hbond substituents is 2. The summed E-state index contributed by atoms with van der Waals surface area (Å²) in [6, 6.07) is 5.14. The Morgan fingerprint density at radius 1 is 0.773 bits per heavy atom. The maximum Gasteiger partial charge on any atom is 0.198 e. The predicted octanol–water partition coefficient (Wildman–Crippen LogP) is 1.89. The van der Waals surface area contributed by atoms with Crippen molar-refractivity contribution in [2.45, 2.75) is 0 Å². The third kappa shape index (κ3) is 1.81. The van der Waals surface area contributed by atoms with Crippen LogP contribution in [-0.4, -0.2) is 36.0 Å². The lowest BCUT2D eigenvalue weighted by Gasteiger charge is -2.20. The van der Waals surface area contributed by atoms with Gasteiger partial charge in [0.25, 0.3) is 0 Å². The Balaban J connectivity index is 2.30. The second-order valence-corrected chi connectivity index (χ2v) is 4.80. The smallest absolute Gasteiger partial charge is 0.198 e. The largest absolute Gasteiger partial charge is 0.507 e. The number of ether oxygens (including phenoxy) is 2. The van der Waals surface area contributed by atoms with Gasteiger partial charge in [0.15, 0.2) is 23.1 Å². The molecule has 0 spiro atoms. The molecule has 0 heterocycles. The van der Waals surface area contributed by atoms with Gasteiger partial charge in [0.05, 0.1) is 19.8 Å². The molecule has 2 aromatic carbocycles. The van der Waals surface area contributed by atoms with E-state index in [1.807, 2.05) is 0 Å². The summed E-state index contributed by atoms with van der Waals surface area (Å²) in [6.45, 7) is 0. The Bertz CT molecular complexity index is 822. The van der Waals surface area contributed by atoms with Gasteiger partial charge < -0.3 is 19.7 Å². The third-order valence-corrected chi connectivity index (χ3v) is 3.61. The monoisotopic (exact) mass is 300 g/mol. The molecule has 6 heteroatoms. The second-order valence-electron chi connectivity index (χ2n) is 4.80. The fraction of sp³-hybridized carbons (Fsp3) is 0.125. The van der Waals surface area contributed by atoms with Gasteiger partial charge in [0.2, 0.25) is 0 Å². The highest BCUT2D eigenvalue weighted by Gasteiger charge is 2.34. The minimum Gasteiger partial charge on any atom is -0.507 e. The highest BCUT2D eigenvalue weighted by atomic mass is 16.5. The first-order valence-electron chi connectivity index (χ1n) is 6.39. The van der Waals surface area contributed by atoms with E-state index >= 15 is 0 Å². The van der Waals surface area contributed by atoms with Crippen molar-refractivity contribution in [1.82, 2.24) is 0 Å². The quantitative estimate of drug-likeness (QED) is 0.750. The van der Waals surface area contributed by atoms with Crippen LogP contribution >= 0.6 is 0 Å². The Hall–Kier alpha value is -3.02. The van der Waals surface area contributed by atoms with Gasteiger partial charge in [0, 0.05) is 22.8 Å². The SMILES string of the molecule is COc1cc(O)c2c(c1)C(=O)c1cc(OC)c(O)cc1C2=O. The van der Waals surface area contributed by atoms with E-state index in [2.05, 4.69) is 0 Å². The van der Waals surface area contributed by atoms with E-state index in [-0.39, 0.29) is 45.3 Å². The summed E-state index contributed by atoms with van der Waals surface area (Å²) in [7, 11) is 2.74. The molecule has 2 aromatic rings. The maximum absolute atomic E-state index is 12.6. The van der Waals surface area contributed by atoms with Gasteiger partial charge in [-0.05, 0) is 18.2 Å². The van der Waals surface area contributed by atoms with Gasteiger partial charge in [-0.15, -0.1) is 0 Å². The van der Waals surface area contributed by atoms with E-state index in [0.29, 0.717) is 0 Å². The molecule has 0 radical (unpaired) electrons. The summed E-state index contributed by atoms with van der Waals surface area (Å²) in [6.07, 6.45) is 0. The van der Waals surface area contributed by atoms with Crippen LogP contribution in [-0.2, 0) is 0 Å². The molecule has 0 bridgehead atoms. The van der Waals surface area contributed by atoms with Crippen LogP contribution in [0.4, 0.5) is 0 Å². The fourth-order valence-electron chi connectivity index (χ4n) is 2.52. The number of methoxy groups -OCH3 is 2. The van der Waals surface area contributed by atoms with Gasteiger partial charge in [-0.1, -0.05) is 0 Å². The van der Waals surface area contributed by atoms with Crippen molar-refractivity contribution in [3.05, 3.63) is 46.5 Å². The summed E-state index contributed by atoms with van der Waals surface area (Å²) in [5.74, 6) is -1.21. The minimum atomic E-state index is -0.539. The highest BCUT2D eigenvalue weighted by molar-refractivity contribution is 6.29. The summed E-state index contributed by atoms with van der Waals surface area (Å²) in [5.41, 5.74) is 0.0982. The second kappa shape index (κ2) is 4.77. The normalized spacial score (nSPS) is 12.6. The number of rotatable bonds is 2. The first-order chi connectivity index (χ1) is 10.5. The zero-order chi connectivity index (χ0) is 16.0. The van der Waals surface area contributed by atoms with Gasteiger partial charge in [-0.25, -0.2) is 0 Å². The van der Waals surface area contributed by atoms with Gasteiger partial charge in [-0.2, -0.15) is 0 Å². The number of hydrogen-bond donors (Lipinski definition) is 2. The molecule has 6 nitrogen and oxygen atoms in total. The lowest BCUT2D eigenvalue weighted by Crippen LogP contribution is -2.21. The van der Waals surface area contributed by atoms with Crippen LogP contribution in [0, 0.1) is 0 Å². The van der Waals surface area contributed by atoms with Crippen molar-refractivity contribution in [2.75, 3.05) is 14.2 Å². The average molecular weight is 300 g/mol. The summed E-state index contributed by atoms with van der Waals surface area (Å²) < 4.78 is 9.97. The van der Waals surface area contributed by atoms with E-state index < -0.39 is 11.6 Å². The lowest BCUT2D eigenvalue weighted by molar-refractivity contribution is 0.0975. The van der Waals surface area contributed by atoms with Gasteiger partial charge in [0.1, 0.15) is 11.5 Å². The number of carbonyl (C=O) groups excluding carboxylic acids is 2. The first-order valence-corrected chi connectivity index (χ1v) is 6.39. The van der Waals surface area contributed by atoms with Crippen LogP contribution in [0.2, 0.25) is 0 Å². The number of carbonyl (C=O) groups is 2. The van der Waals surface area contributed by atoms with Gasteiger partial charge >= 0.3 is 0 Å². The minimum absolute atomic E-state index is 0.0243. The van der Waals surface area contributed by atoms with E-state index in [1.165, 1.54) is 38.5 Å². The first kappa shape index (κ1) is 13.9. The van der Waals surface area contributed by atoms with Crippen molar-refractivity contribution in [3.8, 4) is 23.0 Å². The molecule has 0 saturated carbocycles. The van der Waals surface area contributed by atoms with E-state index in [9.17, 15) is 19.8 Å². The molecule has 1 aliphatic rings. The van der Waals surface area contributed by atoms with Crippen LogP contribution in [0.1, 0.15) is 31.8 Å². The molecule has 22 heavy (non-hydrogen) atoms. The Morgan fingerprint density at radius 2 is 1.45 bits per heavy atom. The molecule has 0 aromatic heterocycles. The molecule has 0 aliphatic heterocycles. The molecular weight excluding hydrogens is 288 g/mol. The van der Waals surface area contributed by atoms with Crippen molar-refractivity contribution >= 4 is 11.6 Å². The maximum atomic E-state index is 12.6. The number of hydrogen-bond acceptors (Lipinski definition) is 6. The van der Waals surface area contributed by atoms with Gasteiger partial charge in [-0.3, -0.25) is 9.59 Å².